The van der Waals surface area contributed by atoms with Crippen LogP contribution in [-0.4, -0.2) is 31.9 Å². The van der Waals surface area contributed by atoms with Gasteiger partial charge in [0, 0.05) is 18.9 Å². The molecule has 0 unspecified atom stereocenters. The summed E-state index contributed by atoms with van der Waals surface area (Å²) in [7, 11) is 1.63. The Morgan fingerprint density at radius 2 is 2.25 bits per heavy atom. The third-order valence-electron chi connectivity index (χ3n) is 2.76. The van der Waals surface area contributed by atoms with Crippen molar-refractivity contribution in [2.45, 2.75) is 25.9 Å². The van der Waals surface area contributed by atoms with Crippen LogP contribution in [0.4, 0.5) is 5.13 Å². The van der Waals surface area contributed by atoms with Crippen LogP contribution in [0, 0.1) is 0 Å². The molecule has 0 aliphatic carbocycles. The maximum atomic E-state index is 5.61. The van der Waals surface area contributed by atoms with Gasteiger partial charge in [-0.25, -0.2) is 4.98 Å². The molecule has 7 nitrogen and oxygen atoms in total. The average Bonchev–Trinajstić information content (AvgIpc) is 3.08. The van der Waals surface area contributed by atoms with E-state index in [0.29, 0.717) is 11.7 Å². The molecule has 0 radical (unpaired) electrons. The molecule has 0 fully saturated rings. The molecule has 0 amide bonds. The maximum absolute atomic E-state index is 5.61. The monoisotopic (exact) mass is 310 g/mol. The number of hydrogen-bond donors (Lipinski definition) is 1. The van der Waals surface area contributed by atoms with Crippen molar-refractivity contribution >= 4 is 32.8 Å². The minimum absolute atomic E-state index is 0.419. The molecule has 2 N–H and O–H groups in total. The molecule has 0 bridgehead atoms. The molecule has 3 heterocycles. The fraction of sp³-hybridized carbons (Fsp3) is 0.455. The predicted octanol–water partition coefficient (Wildman–Crippen LogP) is 1.55. The number of fused-ring (bicyclic) bond motifs is 1. The molecule has 0 aliphatic rings. The molecule has 9 heteroatoms. The van der Waals surface area contributed by atoms with Gasteiger partial charge in [0.15, 0.2) is 11.0 Å². The van der Waals surface area contributed by atoms with Crippen LogP contribution in [0.2, 0.25) is 0 Å². The highest BCUT2D eigenvalue weighted by molar-refractivity contribution is 7.16. The zero-order chi connectivity index (χ0) is 13.9. The number of nitrogens with two attached hydrogens (primary N) is 1. The highest BCUT2D eigenvalue weighted by Crippen LogP contribution is 2.18. The minimum atomic E-state index is 0.419. The Labute approximate surface area is 123 Å². The number of hydrogen-bond acceptors (Lipinski definition) is 8. The van der Waals surface area contributed by atoms with Gasteiger partial charge in [-0.15, -0.1) is 21.5 Å². The molecule has 3 aromatic rings. The van der Waals surface area contributed by atoms with E-state index in [1.165, 1.54) is 11.3 Å². The summed E-state index contributed by atoms with van der Waals surface area (Å²) in [4.78, 5) is 5.06. The number of rotatable bonds is 6. The SMILES string of the molecule is COCc1nnc2sc(CCCc3csc(N)n3)nn12. The number of methoxy groups -OCH3 is 1. The van der Waals surface area contributed by atoms with Crippen LogP contribution in [0.1, 0.15) is 22.9 Å². The Balaban J connectivity index is 1.62. The number of ether oxygens (including phenoxy) is 1. The Kier molecular flexibility index (Phi) is 3.90. The van der Waals surface area contributed by atoms with E-state index in [-0.39, 0.29) is 0 Å². The summed E-state index contributed by atoms with van der Waals surface area (Å²) < 4.78 is 6.82. The van der Waals surface area contributed by atoms with Crippen molar-refractivity contribution in [1.29, 1.82) is 0 Å². The van der Waals surface area contributed by atoms with Crippen molar-refractivity contribution in [1.82, 2.24) is 24.8 Å². The first-order valence-corrected chi connectivity index (χ1v) is 7.84. The first kappa shape index (κ1) is 13.4. The summed E-state index contributed by atoms with van der Waals surface area (Å²) in [6.07, 6.45) is 2.81. The summed E-state index contributed by atoms with van der Waals surface area (Å²) >= 11 is 3.05. The highest BCUT2D eigenvalue weighted by atomic mass is 32.1. The number of aryl methyl sites for hydroxylation is 2. The van der Waals surface area contributed by atoms with E-state index in [1.54, 1.807) is 23.0 Å². The molecule has 0 aromatic carbocycles. The molecule has 0 spiro atoms. The largest absolute Gasteiger partial charge is 0.377 e. The van der Waals surface area contributed by atoms with E-state index < -0.39 is 0 Å². The standard InChI is InChI=1S/C11H14N6OS2/c1-18-5-8-14-15-11-17(8)16-9(20-11)4-2-3-7-6-19-10(12)13-7/h6H,2-5H2,1H3,(H2,12,13). The summed E-state index contributed by atoms with van der Waals surface area (Å²) in [5.41, 5.74) is 6.66. The third kappa shape index (κ3) is 2.79. The number of thiazole rings is 1. The van der Waals surface area contributed by atoms with Gasteiger partial charge in [0.1, 0.15) is 11.6 Å². The highest BCUT2D eigenvalue weighted by Gasteiger charge is 2.11. The molecule has 3 aromatic heterocycles. The first-order valence-electron chi connectivity index (χ1n) is 6.15. The van der Waals surface area contributed by atoms with Gasteiger partial charge in [-0.2, -0.15) is 9.61 Å². The van der Waals surface area contributed by atoms with Gasteiger partial charge in [-0.3, -0.25) is 0 Å². The van der Waals surface area contributed by atoms with E-state index >= 15 is 0 Å². The molecule has 0 aliphatic heterocycles. The average molecular weight is 310 g/mol. The van der Waals surface area contributed by atoms with Crippen molar-refractivity contribution in [3.63, 3.8) is 0 Å². The summed E-state index contributed by atoms with van der Waals surface area (Å²) in [5, 5.41) is 16.3. The van der Waals surface area contributed by atoms with Crippen molar-refractivity contribution in [3.05, 3.63) is 21.9 Å². The molecule has 0 atom stereocenters. The molecule has 3 rings (SSSR count). The maximum Gasteiger partial charge on any atom is 0.234 e. The van der Waals surface area contributed by atoms with Gasteiger partial charge in [0.25, 0.3) is 0 Å². The molecule has 106 valence electrons. The van der Waals surface area contributed by atoms with Gasteiger partial charge in [-0.1, -0.05) is 11.3 Å². The number of nitrogens with zero attached hydrogens (tertiary/aromatic N) is 5. The van der Waals surface area contributed by atoms with Crippen LogP contribution < -0.4 is 5.73 Å². The normalized spacial score (nSPS) is 11.4. The van der Waals surface area contributed by atoms with Crippen LogP contribution in [0.25, 0.3) is 4.96 Å². The zero-order valence-corrected chi connectivity index (χ0v) is 12.6. The van der Waals surface area contributed by atoms with E-state index in [4.69, 9.17) is 10.5 Å². The predicted molar refractivity (Wildman–Crippen MR) is 77.9 cm³/mol. The lowest BCUT2D eigenvalue weighted by Crippen LogP contribution is -1.98. The van der Waals surface area contributed by atoms with Gasteiger partial charge in [0.05, 0.1) is 5.69 Å². The van der Waals surface area contributed by atoms with Crippen LogP contribution >= 0.6 is 22.7 Å². The van der Waals surface area contributed by atoms with E-state index in [9.17, 15) is 0 Å². The third-order valence-corrected chi connectivity index (χ3v) is 4.45. The number of anilines is 1. The van der Waals surface area contributed by atoms with E-state index in [0.717, 1.165) is 40.7 Å². The zero-order valence-electron chi connectivity index (χ0n) is 10.9. The van der Waals surface area contributed by atoms with Gasteiger partial charge < -0.3 is 10.5 Å². The van der Waals surface area contributed by atoms with Crippen LogP contribution in [0.15, 0.2) is 5.38 Å². The summed E-state index contributed by atoms with van der Waals surface area (Å²) in [5.74, 6) is 0.734. The smallest absolute Gasteiger partial charge is 0.234 e. The van der Waals surface area contributed by atoms with Crippen LogP contribution in [-0.2, 0) is 24.2 Å². The Hall–Kier alpha value is -1.58. The van der Waals surface area contributed by atoms with Crippen LogP contribution in [0.3, 0.4) is 0 Å². The lowest BCUT2D eigenvalue weighted by Gasteiger charge is -1.95. The molecular weight excluding hydrogens is 296 g/mol. The Bertz CT molecular complexity index is 703. The second-order valence-electron chi connectivity index (χ2n) is 4.27. The summed E-state index contributed by atoms with van der Waals surface area (Å²) in [6, 6.07) is 0. The van der Waals surface area contributed by atoms with Crippen molar-refractivity contribution in [2.75, 3.05) is 12.8 Å². The fourth-order valence-electron chi connectivity index (χ4n) is 1.88. The van der Waals surface area contributed by atoms with Crippen LogP contribution in [0.5, 0.6) is 0 Å². The Morgan fingerprint density at radius 1 is 1.35 bits per heavy atom. The van der Waals surface area contributed by atoms with E-state index in [1.807, 2.05) is 5.38 Å². The van der Waals surface area contributed by atoms with Crippen molar-refractivity contribution < 1.29 is 4.74 Å². The molecule has 20 heavy (non-hydrogen) atoms. The van der Waals surface area contributed by atoms with Crippen molar-refractivity contribution in [2.24, 2.45) is 0 Å². The quantitative estimate of drug-likeness (QED) is 0.742. The Morgan fingerprint density at radius 3 is 3.00 bits per heavy atom. The second-order valence-corrected chi connectivity index (χ2v) is 6.20. The van der Waals surface area contributed by atoms with Gasteiger partial charge in [0.2, 0.25) is 4.96 Å². The fourth-order valence-corrected chi connectivity index (χ4v) is 3.37. The lowest BCUT2D eigenvalue weighted by atomic mass is 10.2. The molecular formula is C11H14N6OS2. The second kappa shape index (κ2) is 5.81. The van der Waals surface area contributed by atoms with Gasteiger partial charge in [-0.05, 0) is 12.8 Å². The van der Waals surface area contributed by atoms with Crippen molar-refractivity contribution in [3.8, 4) is 0 Å². The topological polar surface area (TPSA) is 91.2 Å². The summed E-state index contributed by atoms with van der Waals surface area (Å²) in [6.45, 7) is 0.419. The van der Waals surface area contributed by atoms with E-state index in [2.05, 4.69) is 20.3 Å². The minimum Gasteiger partial charge on any atom is -0.377 e. The molecule has 0 saturated carbocycles. The van der Waals surface area contributed by atoms with Gasteiger partial charge >= 0.3 is 0 Å². The first-order chi connectivity index (χ1) is 9.76. The number of aromatic nitrogens is 5. The lowest BCUT2D eigenvalue weighted by molar-refractivity contribution is 0.176. The number of nitrogen functional groups attached to an aromatic ring is 1. The molecule has 0 saturated heterocycles.